The normalized spacial score (nSPS) is 13.7. The quantitative estimate of drug-likeness (QED) is 0.655. The third-order valence-electron chi connectivity index (χ3n) is 5.46. The summed E-state index contributed by atoms with van der Waals surface area (Å²) in [6, 6.07) is 7.86. The maximum atomic E-state index is 13.2. The number of fused-ring (bicyclic) bond motifs is 2. The summed E-state index contributed by atoms with van der Waals surface area (Å²) >= 11 is 0. The van der Waals surface area contributed by atoms with Crippen LogP contribution in [-0.4, -0.2) is 49.2 Å². The number of aromatic nitrogens is 1. The topological polar surface area (TPSA) is 90.8 Å². The summed E-state index contributed by atoms with van der Waals surface area (Å²) in [6.07, 6.45) is 3.13. The molecule has 1 aromatic heterocycles. The molecule has 162 valence electrons. The lowest BCUT2D eigenvalue weighted by atomic mass is 9.98. The fourth-order valence-electron chi connectivity index (χ4n) is 4.08. The summed E-state index contributed by atoms with van der Waals surface area (Å²) in [4.78, 5) is 18.5. The molecule has 1 aliphatic rings. The SMILES string of the molecule is CCN(c1c2c(c(O)c3ncc(Cc4ccc(F)cc4)cc13)C(=O)N(C)C2)S(C)(=O)=O. The summed E-state index contributed by atoms with van der Waals surface area (Å²) in [6.45, 7) is 2.05. The van der Waals surface area contributed by atoms with E-state index in [0.717, 1.165) is 17.4 Å². The zero-order valence-corrected chi connectivity index (χ0v) is 18.2. The highest BCUT2D eigenvalue weighted by Gasteiger charge is 2.36. The summed E-state index contributed by atoms with van der Waals surface area (Å²) in [5.74, 6) is -0.956. The van der Waals surface area contributed by atoms with Gasteiger partial charge >= 0.3 is 0 Å². The predicted molar refractivity (Wildman–Crippen MR) is 116 cm³/mol. The number of phenolic OH excluding ortho intramolecular Hbond substituents is 1. The first-order valence-electron chi connectivity index (χ1n) is 9.75. The Kier molecular flexibility index (Phi) is 5.09. The number of anilines is 1. The van der Waals surface area contributed by atoms with Gasteiger partial charge in [-0.2, -0.15) is 0 Å². The standard InChI is InChI=1S/C22H22FN3O4S/c1-4-26(31(3,29)30)20-16-10-14(9-13-5-7-15(23)8-6-13)11-24-19(16)21(27)18-17(20)12-25(2)22(18)28/h5-8,10-11,27H,4,9,12H2,1-3H3. The van der Waals surface area contributed by atoms with Crippen LogP contribution in [0.2, 0.25) is 0 Å². The summed E-state index contributed by atoms with van der Waals surface area (Å²) < 4.78 is 39.6. The largest absolute Gasteiger partial charge is 0.505 e. The Morgan fingerprint density at radius 3 is 2.52 bits per heavy atom. The molecule has 2 aromatic carbocycles. The molecule has 0 bridgehead atoms. The Hall–Kier alpha value is -3.20. The molecule has 31 heavy (non-hydrogen) atoms. The second kappa shape index (κ2) is 7.49. The molecule has 3 aromatic rings. The van der Waals surface area contributed by atoms with Gasteiger partial charge < -0.3 is 10.0 Å². The summed E-state index contributed by atoms with van der Waals surface area (Å²) in [5.41, 5.74) is 2.71. The van der Waals surface area contributed by atoms with E-state index in [4.69, 9.17) is 0 Å². The van der Waals surface area contributed by atoms with E-state index in [1.165, 1.54) is 21.3 Å². The molecule has 1 N–H and O–H groups in total. The Morgan fingerprint density at radius 2 is 1.90 bits per heavy atom. The van der Waals surface area contributed by atoms with Crippen LogP contribution in [0.4, 0.5) is 10.1 Å². The van der Waals surface area contributed by atoms with Gasteiger partial charge in [-0.3, -0.25) is 14.1 Å². The van der Waals surface area contributed by atoms with Crippen LogP contribution >= 0.6 is 0 Å². The van der Waals surface area contributed by atoms with Gasteiger partial charge in [-0.15, -0.1) is 0 Å². The lowest BCUT2D eigenvalue weighted by molar-refractivity contribution is 0.0814. The number of pyridine rings is 1. The first kappa shape index (κ1) is 21.0. The van der Waals surface area contributed by atoms with Crippen LogP contribution in [0.1, 0.15) is 34.0 Å². The molecule has 7 nitrogen and oxygen atoms in total. The van der Waals surface area contributed by atoms with Crippen LogP contribution in [0.25, 0.3) is 10.9 Å². The number of halogens is 1. The highest BCUT2D eigenvalue weighted by atomic mass is 32.2. The molecule has 2 heterocycles. The molecule has 0 spiro atoms. The minimum atomic E-state index is -3.65. The van der Waals surface area contributed by atoms with Crippen molar-refractivity contribution in [1.82, 2.24) is 9.88 Å². The Morgan fingerprint density at radius 1 is 1.23 bits per heavy atom. The van der Waals surface area contributed by atoms with E-state index in [1.54, 1.807) is 38.4 Å². The van der Waals surface area contributed by atoms with E-state index >= 15 is 0 Å². The van der Waals surface area contributed by atoms with Crippen LogP contribution in [0.3, 0.4) is 0 Å². The van der Waals surface area contributed by atoms with Gasteiger partial charge in [-0.25, -0.2) is 12.8 Å². The number of amides is 1. The first-order valence-corrected chi connectivity index (χ1v) is 11.6. The van der Waals surface area contributed by atoms with E-state index in [2.05, 4.69) is 4.98 Å². The highest BCUT2D eigenvalue weighted by Crippen LogP contribution is 2.44. The Balaban J connectivity index is 1.98. The molecule has 4 rings (SSSR count). The van der Waals surface area contributed by atoms with E-state index in [1.807, 2.05) is 0 Å². The third-order valence-corrected chi connectivity index (χ3v) is 6.70. The zero-order chi connectivity index (χ0) is 22.5. The van der Waals surface area contributed by atoms with Crippen molar-refractivity contribution in [1.29, 1.82) is 0 Å². The van der Waals surface area contributed by atoms with Gasteiger partial charge in [0.25, 0.3) is 5.91 Å². The highest BCUT2D eigenvalue weighted by molar-refractivity contribution is 7.92. The van der Waals surface area contributed by atoms with E-state index in [9.17, 15) is 22.7 Å². The molecule has 0 unspecified atom stereocenters. The number of aromatic hydroxyl groups is 1. The third kappa shape index (κ3) is 3.59. The van der Waals surface area contributed by atoms with Gasteiger partial charge in [-0.1, -0.05) is 12.1 Å². The van der Waals surface area contributed by atoms with Crippen molar-refractivity contribution < 1.29 is 22.7 Å². The Labute approximate surface area is 179 Å². The zero-order valence-electron chi connectivity index (χ0n) is 17.4. The number of benzene rings is 2. The predicted octanol–water partition coefficient (Wildman–Crippen LogP) is 3.04. The van der Waals surface area contributed by atoms with Gasteiger partial charge in [0.1, 0.15) is 11.3 Å². The number of carbonyl (C=O) groups is 1. The molecule has 0 fully saturated rings. The van der Waals surface area contributed by atoms with Gasteiger partial charge in [0.2, 0.25) is 10.0 Å². The number of phenols is 1. The minimum absolute atomic E-state index is 0.0888. The first-order chi connectivity index (χ1) is 14.6. The van der Waals surface area contributed by atoms with Gasteiger partial charge in [0, 0.05) is 37.3 Å². The average Bonchev–Trinajstić information content (AvgIpc) is 3.00. The van der Waals surface area contributed by atoms with Gasteiger partial charge in [0.15, 0.2) is 5.75 Å². The molecule has 0 saturated carbocycles. The Bertz CT molecular complexity index is 1310. The van der Waals surface area contributed by atoms with Crippen molar-refractivity contribution in [2.75, 3.05) is 24.2 Å². The van der Waals surface area contributed by atoms with Crippen molar-refractivity contribution in [3.63, 3.8) is 0 Å². The smallest absolute Gasteiger partial charge is 0.258 e. The van der Waals surface area contributed by atoms with Crippen molar-refractivity contribution in [2.24, 2.45) is 0 Å². The van der Waals surface area contributed by atoms with E-state index in [0.29, 0.717) is 23.1 Å². The fourth-order valence-corrected chi connectivity index (χ4v) is 5.09. The van der Waals surface area contributed by atoms with Crippen molar-refractivity contribution in [3.05, 3.63) is 64.6 Å². The second-order valence-corrected chi connectivity index (χ2v) is 9.59. The number of carbonyl (C=O) groups excluding carboxylic acids is 1. The van der Waals surface area contributed by atoms with Crippen LogP contribution < -0.4 is 4.31 Å². The number of hydrogen-bond acceptors (Lipinski definition) is 5. The van der Waals surface area contributed by atoms with Crippen molar-refractivity contribution >= 4 is 32.5 Å². The lowest BCUT2D eigenvalue weighted by Crippen LogP contribution is -2.30. The van der Waals surface area contributed by atoms with Crippen LogP contribution in [0.5, 0.6) is 5.75 Å². The lowest BCUT2D eigenvalue weighted by Gasteiger charge is -2.25. The maximum Gasteiger partial charge on any atom is 0.258 e. The van der Waals surface area contributed by atoms with E-state index < -0.39 is 10.0 Å². The monoisotopic (exact) mass is 443 g/mol. The second-order valence-electron chi connectivity index (χ2n) is 7.68. The molecule has 0 radical (unpaired) electrons. The minimum Gasteiger partial charge on any atom is -0.505 e. The van der Waals surface area contributed by atoms with E-state index in [-0.39, 0.29) is 41.6 Å². The summed E-state index contributed by atoms with van der Waals surface area (Å²) in [5, 5.41) is 11.3. The summed E-state index contributed by atoms with van der Waals surface area (Å²) in [7, 11) is -2.06. The van der Waals surface area contributed by atoms with Crippen LogP contribution in [0.15, 0.2) is 36.5 Å². The number of sulfonamides is 1. The average molecular weight is 444 g/mol. The molecule has 1 amide bonds. The molecule has 0 saturated heterocycles. The fraction of sp³-hybridized carbons (Fsp3) is 0.273. The van der Waals surface area contributed by atoms with Gasteiger partial charge in [-0.05, 0) is 42.7 Å². The van der Waals surface area contributed by atoms with Crippen molar-refractivity contribution in [3.8, 4) is 5.75 Å². The van der Waals surface area contributed by atoms with Crippen molar-refractivity contribution in [2.45, 2.75) is 19.9 Å². The molecular formula is C22H22FN3O4S. The molecule has 1 aliphatic heterocycles. The maximum absolute atomic E-state index is 13.2. The van der Waals surface area contributed by atoms with Gasteiger partial charge in [0.05, 0.1) is 17.5 Å². The molecule has 9 heteroatoms. The molecule has 0 aliphatic carbocycles. The number of rotatable bonds is 5. The molecular weight excluding hydrogens is 421 g/mol. The number of nitrogens with zero attached hydrogens (tertiary/aromatic N) is 3. The molecule has 0 atom stereocenters. The van der Waals surface area contributed by atoms with Crippen LogP contribution in [-0.2, 0) is 23.0 Å². The van der Waals surface area contributed by atoms with Crippen LogP contribution in [0, 0.1) is 5.82 Å². The number of hydrogen-bond donors (Lipinski definition) is 1.